The summed E-state index contributed by atoms with van der Waals surface area (Å²) in [6.45, 7) is 1.92. The van der Waals surface area contributed by atoms with E-state index >= 15 is 0 Å². The highest BCUT2D eigenvalue weighted by atomic mass is 19.1. The maximum absolute atomic E-state index is 13.5. The summed E-state index contributed by atoms with van der Waals surface area (Å²) >= 11 is 0. The number of nitriles is 1. The van der Waals surface area contributed by atoms with E-state index < -0.39 is 5.82 Å². The second-order valence-corrected chi connectivity index (χ2v) is 3.86. The molecule has 0 spiro atoms. The molecule has 5 nitrogen and oxygen atoms in total. The number of ether oxygens (including phenoxy) is 1. The van der Waals surface area contributed by atoms with E-state index in [2.05, 4.69) is 10.1 Å². The molecule has 1 atom stereocenters. The predicted molar refractivity (Wildman–Crippen MR) is 64.4 cm³/mol. The van der Waals surface area contributed by atoms with Crippen molar-refractivity contribution in [2.24, 2.45) is 0 Å². The molecule has 1 unspecified atom stereocenters. The summed E-state index contributed by atoms with van der Waals surface area (Å²) in [6, 6.07) is 6.06. The fourth-order valence-electron chi connectivity index (χ4n) is 1.75. The maximum atomic E-state index is 13.5. The summed E-state index contributed by atoms with van der Waals surface area (Å²) in [5.74, 6) is -0.117. The fourth-order valence-corrected chi connectivity index (χ4v) is 1.75. The van der Waals surface area contributed by atoms with E-state index in [4.69, 9.17) is 14.5 Å². The first-order chi connectivity index (χ1) is 9.21. The zero-order chi connectivity index (χ0) is 13.8. The molecule has 98 valence electrons. The molecule has 0 aliphatic carbocycles. The van der Waals surface area contributed by atoms with Gasteiger partial charge in [0.25, 0.3) is 5.89 Å². The first-order valence-electron chi connectivity index (χ1n) is 5.76. The minimum Gasteiger partial charge on any atom is -0.373 e. The number of hydrogen-bond acceptors (Lipinski definition) is 5. The highest BCUT2D eigenvalue weighted by Gasteiger charge is 2.19. The third-order valence-corrected chi connectivity index (χ3v) is 2.74. The molecule has 0 saturated heterocycles. The van der Waals surface area contributed by atoms with Gasteiger partial charge in [-0.05, 0) is 18.6 Å². The molecule has 6 heteroatoms. The molecule has 1 heterocycles. The van der Waals surface area contributed by atoms with Crippen LogP contribution < -0.4 is 0 Å². The maximum Gasteiger partial charge on any atom is 0.259 e. The Bertz CT molecular complexity index is 615. The number of hydrogen-bond donors (Lipinski definition) is 0. The molecular formula is C13H12FN3O2. The van der Waals surface area contributed by atoms with Gasteiger partial charge in [0.15, 0.2) is 0 Å². The lowest BCUT2D eigenvalue weighted by molar-refractivity contribution is 0.0903. The van der Waals surface area contributed by atoms with Gasteiger partial charge in [-0.25, -0.2) is 4.39 Å². The van der Waals surface area contributed by atoms with E-state index in [9.17, 15) is 4.39 Å². The van der Waals surface area contributed by atoms with Gasteiger partial charge in [0.1, 0.15) is 23.6 Å². The number of methoxy groups -OCH3 is 1. The van der Waals surface area contributed by atoms with Crippen LogP contribution in [-0.4, -0.2) is 17.3 Å². The molecule has 0 radical (unpaired) electrons. The summed E-state index contributed by atoms with van der Waals surface area (Å²) < 4.78 is 23.8. The summed E-state index contributed by atoms with van der Waals surface area (Å²) in [6.07, 6.45) is 0.403. The smallest absolute Gasteiger partial charge is 0.259 e. The minimum atomic E-state index is -0.612. The van der Waals surface area contributed by atoms with Crippen LogP contribution in [0.3, 0.4) is 0 Å². The Morgan fingerprint density at radius 2 is 2.32 bits per heavy atom. The van der Waals surface area contributed by atoms with Gasteiger partial charge in [-0.15, -0.1) is 0 Å². The van der Waals surface area contributed by atoms with Crippen molar-refractivity contribution in [3.8, 4) is 17.5 Å². The van der Waals surface area contributed by atoms with Crippen molar-refractivity contribution in [1.82, 2.24) is 10.1 Å². The molecule has 0 N–H and O–H groups in total. The van der Waals surface area contributed by atoms with Crippen LogP contribution in [0.15, 0.2) is 22.7 Å². The number of benzene rings is 1. The third kappa shape index (κ3) is 2.46. The number of rotatable bonds is 4. The van der Waals surface area contributed by atoms with Gasteiger partial charge in [-0.2, -0.15) is 10.2 Å². The SMILES string of the molecule is CCC(OC)c1noc(-c2cccc(F)c2C#N)n1. The zero-order valence-corrected chi connectivity index (χ0v) is 10.6. The van der Waals surface area contributed by atoms with Crippen LogP contribution in [0.4, 0.5) is 4.39 Å². The van der Waals surface area contributed by atoms with Crippen molar-refractivity contribution in [1.29, 1.82) is 5.26 Å². The summed E-state index contributed by atoms with van der Waals surface area (Å²) in [4.78, 5) is 4.15. The van der Waals surface area contributed by atoms with Crippen LogP contribution in [0.2, 0.25) is 0 Å². The lowest BCUT2D eigenvalue weighted by atomic mass is 10.1. The number of halogens is 1. The van der Waals surface area contributed by atoms with Crippen LogP contribution in [0.1, 0.15) is 30.8 Å². The monoisotopic (exact) mass is 261 g/mol. The van der Waals surface area contributed by atoms with Crippen molar-refractivity contribution in [3.63, 3.8) is 0 Å². The average Bonchev–Trinajstić information content (AvgIpc) is 2.89. The molecule has 0 amide bonds. The third-order valence-electron chi connectivity index (χ3n) is 2.74. The second kappa shape index (κ2) is 5.59. The van der Waals surface area contributed by atoms with E-state index in [0.29, 0.717) is 12.2 Å². The molecular weight excluding hydrogens is 249 g/mol. The van der Waals surface area contributed by atoms with Crippen molar-refractivity contribution in [3.05, 3.63) is 35.4 Å². The topological polar surface area (TPSA) is 71.9 Å². The molecule has 2 rings (SSSR count). The van der Waals surface area contributed by atoms with Gasteiger partial charge in [0, 0.05) is 7.11 Å². The highest BCUT2D eigenvalue weighted by molar-refractivity contribution is 5.63. The van der Waals surface area contributed by atoms with Crippen LogP contribution >= 0.6 is 0 Å². The lowest BCUT2D eigenvalue weighted by Crippen LogP contribution is -2.01. The van der Waals surface area contributed by atoms with Gasteiger partial charge in [-0.1, -0.05) is 18.1 Å². The van der Waals surface area contributed by atoms with Crippen LogP contribution in [0.25, 0.3) is 11.5 Å². The zero-order valence-electron chi connectivity index (χ0n) is 10.6. The Hall–Kier alpha value is -2.26. The number of nitrogens with zero attached hydrogens (tertiary/aromatic N) is 3. The highest BCUT2D eigenvalue weighted by Crippen LogP contribution is 2.26. The van der Waals surface area contributed by atoms with Gasteiger partial charge in [0.2, 0.25) is 5.82 Å². The first kappa shape index (κ1) is 13.2. The Balaban J connectivity index is 2.44. The standard InChI is InChI=1S/C13H12FN3O2/c1-3-11(18-2)12-16-13(19-17-12)8-5-4-6-10(14)9(8)7-15/h4-6,11H,3H2,1-2H3. The van der Waals surface area contributed by atoms with E-state index in [1.807, 2.05) is 6.92 Å². The molecule has 1 aromatic carbocycles. The van der Waals surface area contributed by atoms with Gasteiger partial charge < -0.3 is 9.26 Å². The predicted octanol–water partition coefficient (Wildman–Crippen LogP) is 2.84. The lowest BCUT2D eigenvalue weighted by Gasteiger charge is -2.06. The molecule has 19 heavy (non-hydrogen) atoms. The van der Waals surface area contributed by atoms with Crippen molar-refractivity contribution >= 4 is 0 Å². The van der Waals surface area contributed by atoms with Crippen LogP contribution in [0.5, 0.6) is 0 Å². The average molecular weight is 261 g/mol. The molecule has 0 saturated carbocycles. The fraction of sp³-hybridized carbons (Fsp3) is 0.308. The van der Waals surface area contributed by atoms with Gasteiger partial charge >= 0.3 is 0 Å². The second-order valence-electron chi connectivity index (χ2n) is 3.86. The quantitative estimate of drug-likeness (QED) is 0.846. The van der Waals surface area contributed by atoms with Gasteiger partial charge in [0.05, 0.1) is 5.56 Å². The Morgan fingerprint density at radius 1 is 1.53 bits per heavy atom. The molecule has 2 aromatic rings. The van der Waals surface area contributed by atoms with Crippen molar-refractivity contribution in [2.45, 2.75) is 19.4 Å². The van der Waals surface area contributed by atoms with Crippen LogP contribution in [-0.2, 0) is 4.74 Å². The Morgan fingerprint density at radius 3 is 2.95 bits per heavy atom. The Kier molecular flexibility index (Phi) is 3.88. The molecule has 0 fully saturated rings. The van der Waals surface area contributed by atoms with Crippen molar-refractivity contribution < 1.29 is 13.7 Å². The largest absolute Gasteiger partial charge is 0.373 e. The molecule has 1 aromatic heterocycles. The van der Waals surface area contributed by atoms with E-state index in [1.165, 1.54) is 12.1 Å². The van der Waals surface area contributed by atoms with E-state index in [1.54, 1.807) is 19.2 Å². The summed E-state index contributed by atoms with van der Waals surface area (Å²) in [7, 11) is 1.55. The first-order valence-corrected chi connectivity index (χ1v) is 5.76. The van der Waals surface area contributed by atoms with Crippen LogP contribution in [0, 0.1) is 17.1 Å². The summed E-state index contributed by atoms with van der Waals surface area (Å²) in [5.41, 5.74) is 0.176. The van der Waals surface area contributed by atoms with Gasteiger partial charge in [-0.3, -0.25) is 0 Å². The van der Waals surface area contributed by atoms with E-state index in [0.717, 1.165) is 0 Å². The normalized spacial score (nSPS) is 12.1. The number of aromatic nitrogens is 2. The Labute approximate surface area is 109 Å². The molecule has 0 aliphatic rings. The minimum absolute atomic E-state index is 0.108. The molecule has 0 aliphatic heterocycles. The summed E-state index contributed by atoms with van der Waals surface area (Å²) in [5, 5.41) is 12.8. The van der Waals surface area contributed by atoms with Crippen molar-refractivity contribution in [2.75, 3.05) is 7.11 Å². The molecule has 0 bridgehead atoms. The van der Waals surface area contributed by atoms with E-state index in [-0.39, 0.29) is 23.1 Å².